The van der Waals surface area contributed by atoms with Gasteiger partial charge in [0.2, 0.25) is 0 Å². The van der Waals surface area contributed by atoms with E-state index in [1.54, 1.807) is 0 Å². The maximum Gasteiger partial charge on any atom is 0.137 e. The summed E-state index contributed by atoms with van der Waals surface area (Å²) in [5.41, 5.74) is 2.41. The summed E-state index contributed by atoms with van der Waals surface area (Å²) in [5.74, 6) is 1.32. The van der Waals surface area contributed by atoms with Gasteiger partial charge in [0.25, 0.3) is 0 Å². The zero-order chi connectivity index (χ0) is 11.8. The van der Waals surface area contributed by atoms with Gasteiger partial charge < -0.3 is 10.3 Å². The van der Waals surface area contributed by atoms with Gasteiger partial charge in [-0.05, 0) is 58.9 Å². The van der Waals surface area contributed by atoms with Crippen LogP contribution in [0.1, 0.15) is 24.8 Å². The van der Waals surface area contributed by atoms with Crippen LogP contribution in [0.25, 0.3) is 11.0 Å². The third-order valence-corrected chi connectivity index (χ3v) is 4.15. The normalized spacial score (nSPS) is 25.3. The zero-order valence-electron chi connectivity index (χ0n) is 9.83. The van der Waals surface area contributed by atoms with E-state index in [1.165, 1.54) is 17.4 Å². The Morgan fingerprint density at radius 1 is 1.47 bits per heavy atom. The summed E-state index contributed by atoms with van der Waals surface area (Å²) in [6, 6.07) is 2.17. The molecule has 0 amide bonds. The standard InChI is InChI=1S/C13H16BrN3/c1-8-5-15-3-2-10(8)12-7-17-13-11(12)4-9(14)6-16-13/h4,6-8,10,15H,2-3,5H2,1H3,(H,16,17). The van der Waals surface area contributed by atoms with Gasteiger partial charge in [-0.3, -0.25) is 0 Å². The maximum absolute atomic E-state index is 4.40. The molecule has 0 aromatic carbocycles. The van der Waals surface area contributed by atoms with Gasteiger partial charge >= 0.3 is 0 Å². The molecule has 3 heterocycles. The molecule has 0 aliphatic carbocycles. The molecule has 2 atom stereocenters. The van der Waals surface area contributed by atoms with E-state index in [2.05, 4.69) is 50.4 Å². The third-order valence-electron chi connectivity index (χ3n) is 3.71. The monoisotopic (exact) mass is 293 g/mol. The van der Waals surface area contributed by atoms with E-state index in [1.807, 2.05) is 6.20 Å². The van der Waals surface area contributed by atoms with Crippen LogP contribution in [0.4, 0.5) is 0 Å². The van der Waals surface area contributed by atoms with Crippen LogP contribution in [0.15, 0.2) is 22.9 Å². The van der Waals surface area contributed by atoms with Crippen LogP contribution in [0.2, 0.25) is 0 Å². The summed E-state index contributed by atoms with van der Waals surface area (Å²) in [5, 5.41) is 4.71. The highest BCUT2D eigenvalue weighted by atomic mass is 79.9. The fourth-order valence-electron chi connectivity index (χ4n) is 2.78. The highest BCUT2D eigenvalue weighted by Crippen LogP contribution is 2.34. The van der Waals surface area contributed by atoms with E-state index in [9.17, 15) is 0 Å². The minimum Gasteiger partial charge on any atom is -0.346 e. The number of H-pyrrole nitrogens is 1. The Balaban J connectivity index is 2.07. The topological polar surface area (TPSA) is 40.7 Å². The molecular weight excluding hydrogens is 278 g/mol. The fourth-order valence-corrected chi connectivity index (χ4v) is 3.11. The molecule has 0 radical (unpaired) electrons. The Bertz CT molecular complexity index is 534. The number of nitrogens with zero attached hydrogens (tertiary/aromatic N) is 1. The molecule has 1 saturated heterocycles. The molecule has 3 nitrogen and oxygen atoms in total. The largest absolute Gasteiger partial charge is 0.346 e. The number of aromatic amines is 1. The van der Waals surface area contributed by atoms with Crippen molar-refractivity contribution in [3.05, 3.63) is 28.5 Å². The molecule has 90 valence electrons. The van der Waals surface area contributed by atoms with Crippen LogP contribution < -0.4 is 5.32 Å². The second-order valence-corrected chi connectivity index (χ2v) is 5.79. The number of hydrogen-bond donors (Lipinski definition) is 2. The second kappa shape index (κ2) is 4.42. The summed E-state index contributed by atoms with van der Waals surface area (Å²) in [4.78, 5) is 7.68. The van der Waals surface area contributed by atoms with Gasteiger partial charge in [-0.15, -0.1) is 0 Å². The number of hydrogen-bond acceptors (Lipinski definition) is 2. The van der Waals surface area contributed by atoms with E-state index in [4.69, 9.17) is 0 Å². The molecule has 1 aliphatic heterocycles. The minimum absolute atomic E-state index is 0.640. The van der Waals surface area contributed by atoms with Gasteiger partial charge in [0, 0.05) is 22.3 Å². The lowest BCUT2D eigenvalue weighted by Crippen LogP contribution is -2.33. The molecule has 1 fully saturated rings. The number of piperidine rings is 1. The fraction of sp³-hybridized carbons (Fsp3) is 0.462. The lowest BCUT2D eigenvalue weighted by Gasteiger charge is -2.29. The summed E-state index contributed by atoms with van der Waals surface area (Å²) < 4.78 is 1.05. The SMILES string of the molecule is CC1CNCCC1c1c[nH]c2ncc(Br)cc12. The summed E-state index contributed by atoms with van der Waals surface area (Å²) in [6.45, 7) is 4.54. The average molecular weight is 294 g/mol. The number of pyridine rings is 1. The van der Waals surface area contributed by atoms with Crippen molar-refractivity contribution < 1.29 is 0 Å². The number of halogens is 1. The predicted octanol–water partition coefficient (Wildman–Crippen LogP) is 3.04. The predicted molar refractivity (Wildman–Crippen MR) is 73.2 cm³/mol. The van der Waals surface area contributed by atoms with Crippen molar-refractivity contribution in [1.29, 1.82) is 0 Å². The van der Waals surface area contributed by atoms with Crippen molar-refractivity contribution in [2.24, 2.45) is 5.92 Å². The smallest absolute Gasteiger partial charge is 0.137 e. The molecule has 0 bridgehead atoms. The first-order chi connectivity index (χ1) is 8.25. The van der Waals surface area contributed by atoms with Crippen LogP contribution in [0.5, 0.6) is 0 Å². The lowest BCUT2D eigenvalue weighted by molar-refractivity contribution is 0.351. The highest BCUT2D eigenvalue weighted by Gasteiger charge is 2.25. The summed E-state index contributed by atoms with van der Waals surface area (Å²) >= 11 is 3.50. The van der Waals surface area contributed by atoms with Crippen LogP contribution in [0, 0.1) is 5.92 Å². The van der Waals surface area contributed by atoms with Crippen molar-refractivity contribution in [3.63, 3.8) is 0 Å². The van der Waals surface area contributed by atoms with Gasteiger partial charge in [-0.25, -0.2) is 4.98 Å². The van der Waals surface area contributed by atoms with Gasteiger partial charge in [-0.2, -0.15) is 0 Å². The molecule has 0 saturated carbocycles. The number of fused-ring (bicyclic) bond motifs is 1. The lowest BCUT2D eigenvalue weighted by atomic mass is 9.82. The Morgan fingerprint density at radius 2 is 2.35 bits per heavy atom. The first-order valence-corrected chi connectivity index (χ1v) is 6.88. The highest BCUT2D eigenvalue weighted by molar-refractivity contribution is 9.10. The molecule has 2 aromatic rings. The molecule has 17 heavy (non-hydrogen) atoms. The Labute approximate surface area is 109 Å². The van der Waals surface area contributed by atoms with Gasteiger partial charge in [0.15, 0.2) is 0 Å². The molecule has 0 spiro atoms. The van der Waals surface area contributed by atoms with E-state index < -0.39 is 0 Å². The number of nitrogens with one attached hydrogen (secondary N) is 2. The van der Waals surface area contributed by atoms with Crippen molar-refractivity contribution >= 4 is 27.0 Å². The Hall–Kier alpha value is -0.870. The molecule has 4 heteroatoms. The van der Waals surface area contributed by atoms with Gasteiger partial charge in [0.05, 0.1) is 0 Å². The van der Waals surface area contributed by atoms with E-state index in [-0.39, 0.29) is 0 Å². The van der Waals surface area contributed by atoms with Crippen LogP contribution in [-0.2, 0) is 0 Å². The average Bonchev–Trinajstić information content (AvgIpc) is 2.72. The van der Waals surface area contributed by atoms with Crippen molar-refractivity contribution in [3.8, 4) is 0 Å². The van der Waals surface area contributed by atoms with Crippen molar-refractivity contribution in [1.82, 2.24) is 15.3 Å². The Kier molecular flexibility index (Phi) is 2.92. The van der Waals surface area contributed by atoms with Crippen LogP contribution >= 0.6 is 15.9 Å². The zero-order valence-corrected chi connectivity index (χ0v) is 11.4. The van der Waals surface area contributed by atoms with Crippen molar-refractivity contribution in [2.75, 3.05) is 13.1 Å². The minimum atomic E-state index is 0.640. The van der Waals surface area contributed by atoms with E-state index in [0.717, 1.165) is 23.2 Å². The Morgan fingerprint density at radius 3 is 3.18 bits per heavy atom. The van der Waals surface area contributed by atoms with Gasteiger partial charge in [0.1, 0.15) is 5.65 Å². The van der Waals surface area contributed by atoms with Crippen LogP contribution in [-0.4, -0.2) is 23.1 Å². The molecule has 3 rings (SSSR count). The first-order valence-electron chi connectivity index (χ1n) is 6.09. The molecular formula is C13H16BrN3. The molecule has 2 unspecified atom stereocenters. The quantitative estimate of drug-likeness (QED) is 0.848. The summed E-state index contributed by atoms with van der Waals surface area (Å²) in [7, 11) is 0. The van der Waals surface area contributed by atoms with E-state index >= 15 is 0 Å². The number of aromatic nitrogens is 2. The third kappa shape index (κ3) is 2.00. The van der Waals surface area contributed by atoms with E-state index in [0.29, 0.717) is 11.8 Å². The number of rotatable bonds is 1. The first kappa shape index (κ1) is 11.2. The summed E-state index contributed by atoms with van der Waals surface area (Å²) in [6.07, 6.45) is 5.19. The van der Waals surface area contributed by atoms with Crippen molar-refractivity contribution in [2.45, 2.75) is 19.3 Å². The molecule has 2 N–H and O–H groups in total. The maximum atomic E-state index is 4.40. The van der Waals surface area contributed by atoms with Crippen LogP contribution in [0.3, 0.4) is 0 Å². The molecule has 1 aliphatic rings. The second-order valence-electron chi connectivity index (χ2n) is 4.87. The van der Waals surface area contributed by atoms with Gasteiger partial charge in [-0.1, -0.05) is 6.92 Å². The molecule has 2 aromatic heterocycles.